The van der Waals surface area contributed by atoms with Gasteiger partial charge >= 0.3 is 5.97 Å². The minimum Gasteiger partial charge on any atom is -0.456 e. The van der Waals surface area contributed by atoms with E-state index < -0.39 is 0 Å². The van der Waals surface area contributed by atoms with Crippen molar-refractivity contribution in [2.24, 2.45) is 0 Å². The van der Waals surface area contributed by atoms with Gasteiger partial charge in [-0.25, -0.2) is 0 Å². The van der Waals surface area contributed by atoms with Crippen LogP contribution in [0.15, 0.2) is 24.3 Å². The lowest BCUT2D eigenvalue weighted by Gasteiger charge is -2.07. The maximum Gasteiger partial charge on any atom is 0.306 e. The fourth-order valence-corrected chi connectivity index (χ4v) is 1.83. The molecule has 0 aliphatic carbocycles. The summed E-state index contributed by atoms with van der Waals surface area (Å²) >= 11 is 0. The van der Waals surface area contributed by atoms with Gasteiger partial charge < -0.3 is 10.1 Å². The minimum atomic E-state index is -0.308. The third-order valence-electron chi connectivity index (χ3n) is 2.90. The van der Waals surface area contributed by atoms with E-state index in [2.05, 4.69) is 12.2 Å². The van der Waals surface area contributed by atoms with E-state index in [1.54, 1.807) is 6.07 Å². The lowest BCUT2D eigenvalue weighted by Crippen LogP contribution is -2.20. The zero-order valence-electron chi connectivity index (χ0n) is 12.3. The van der Waals surface area contributed by atoms with Crippen molar-refractivity contribution in [2.75, 3.05) is 11.9 Å². The summed E-state index contributed by atoms with van der Waals surface area (Å²) in [6, 6.07) is 7.48. The Hall–Kier alpha value is -1.84. The highest BCUT2D eigenvalue weighted by Crippen LogP contribution is 2.09. The molecule has 1 aromatic rings. The van der Waals surface area contributed by atoms with Gasteiger partial charge in [-0.2, -0.15) is 0 Å². The van der Waals surface area contributed by atoms with Crippen molar-refractivity contribution in [1.29, 1.82) is 0 Å². The number of carbonyl (C=O) groups excluding carboxylic acids is 2. The summed E-state index contributed by atoms with van der Waals surface area (Å²) in [5.41, 5.74) is 1.78. The highest BCUT2D eigenvalue weighted by molar-refractivity contribution is 5.92. The van der Waals surface area contributed by atoms with Crippen LogP contribution in [0.5, 0.6) is 0 Å². The van der Waals surface area contributed by atoms with Crippen LogP contribution in [-0.4, -0.2) is 18.5 Å². The topological polar surface area (TPSA) is 55.4 Å². The number of unbranched alkanes of at least 4 members (excludes halogenated alkanes) is 3. The van der Waals surface area contributed by atoms with E-state index in [1.807, 2.05) is 25.1 Å². The first kappa shape index (κ1) is 16.2. The van der Waals surface area contributed by atoms with Crippen LogP contribution in [0.2, 0.25) is 0 Å². The van der Waals surface area contributed by atoms with E-state index in [0.717, 1.165) is 31.2 Å². The molecule has 1 N–H and O–H groups in total. The molecular weight excluding hydrogens is 254 g/mol. The second-order valence-electron chi connectivity index (χ2n) is 4.89. The van der Waals surface area contributed by atoms with E-state index in [-0.39, 0.29) is 18.5 Å². The number of carbonyl (C=O) groups is 2. The molecule has 1 amide bonds. The highest BCUT2D eigenvalue weighted by Gasteiger charge is 2.07. The fraction of sp³-hybridized carbons (Fsp3) is 0.500. The molecule has 0 aliphatic rings. The van der Waals surface area contributed by atoms with Gasteiger partial charge in [-0.05, 0) is 31.0 Å². The molecule has 0 radical (unpaired) electrons. The molecule has 0 bridgehead atoms. The highest BCUT2D eigenvalue weighted by atomic mass is 16.5. The number of hydrogen-bond acceptors (Lipinski definition) is 3. The van der Waals surface area contributed by atoms with Crippen LogP contribution in [0, 0.1) is 6.92 Å². The smallest absolute Gasteiger partial charge is 0.306 e. The van der Waals surface area contributed by atoms with Crippen molar-refractivity contribution >= 4 is 17.6 Å². The van der Waals surface area contributed by atoms with Gasteiger partial charge in [0.15, 0.2) is 6.61 Å². The van der Waals surface area contributed by atoms with Crippen LogP contribution < -0.4 is 5.32 Å². The number of rotatable bonds is 8. The van der Waals surface area contributed by atoms with E-state index in [1.165, 1.54) is 0 Å². The van der Waals surface area contributed by atoms with Crippen molar-refractivity contribution in [2.45, 2.75) is 46.0 Å². The van der Waals surface area contributed by atoms with Crippen molar-refractivity contribution in [1.82, 2.24) is 0 Å². The van der Waals surface area contributed by atoms with E-state index in [9.17, 15) is 9.59 Å². The van der Waals surface area contributed by atoms with E-state index in [0.29, 0.717) is 12.1 Å². The molecular formula is C16H23NO3. The lowest BCUT2D eigenvalue weighted by molar-refractivity contribution is -0.147. The molecule has 0 aromatic heterocycles. The summed E-state index contributed by atoms with van der Waals surface area (Å²) in [6.45, 7) is 3.85. The maximum absolute atomic E-state index is 11.6. The molecule has 0 fully saturated rings. The number of amides is 1. The van der Waals surface area contributed by atoms with Crippen LogP contribution in [0.1, 0.15) is 44.6 Å². The van der Waals surface area contributed by atoms with Gasteiger partial charge in [-0.1, -0.05) is 38.3 Å². The van der Waals surface area contributed by atoms with Crippen LogP contribution >= 0.6 is 0 Å². The summed E-state index contributed by atoms with van der Waals surface area (Å²) in [6.07, 6.45) is 4.50. The number of nitrogens with one attached hydrogen (secondary N) is 1. The van der Waals surface area contributed by atoms with E-state index in [4.69, 9.17) is 4.74 Å². The third-order valence-corrected chi connectivity index (χ3v) is 2.90. The Kier molecular flexibility index (Phi) is 7.40. The second-order valence-corrected chi connectivity index (χ2v) is 4.89. The normalized spacial score (nSPS) is 10.1. The molecule has 0 unspecified atom stereocenters. The van der Waals surface area contributed by atoms with Gasteiger partial charge in [0.2, 0.25) is 0 Å². The largest absolute Gasteiger partial charge is 0.456 e. The summed E-state index contributed by atoms with van der Waals surface area (Å²) in [5, 5.41) is 2.70. The molecule has 1 rings (SSSR count). The average Bonchev–Trinajstić information content (AvgIpc) is 2.41. The van der Waals surface area contributed by atoms with E-state index >= 15 is 0 Å². The molecule has 110 valence electrons. The summed E-state index contributed by atoms with van der Waals surface area (Å²) in [5.74, 6) is -0.613. The van der Waals surface area contributed by atoms with Gasteiger partial charge in [-0.15, -0.1) is 0 Å². The average molecular weight is 277 g/mol. The molecule has 0 saturated carbocycles. The number of aryl methyl sites for hydroxylation is 1. The molecule has 0 heterocycles. The quantitative estimate of drug-likeness (QED) is 0.585. The first-order chi connectivity index (χ1) is 9.61. The molecule has 20 heavy (non-hydrogen) atoms. The summed E-state index contributed by atoms with van der Waals surface area (Å²) in [4.78, 5) is 23.0. The zero-order valence-corrected chi connectivity index (χ0v) is 12.3. The van der Waals surface area contributed by atoms with Crippen molar-refractivity contribution in [3.8, 4) is 0 Å². The maximum atomic E-state index is 11.6. The first-order valence-electron chi connectivity index (χ1n) is 7.14. The Labute approximate surface area is 120 Å². The van der Waals surface area contributed by atoms with Crippen molar-refractivity contribution in [3.05, 3.63) is 29.8 Å². The number of ether oxygens (including phenoxy) is 1. The van der Waals surface area contributed by atoms with Crippen LogP contribution in [0.3, 0.4) is 0 Å². The lowest BCUT2D eigenvalue weighted by atomic mass is 10.2. The van der Waals surface area contributed by atoms with Gasteiger partial charge in [0.25, 0.3) is 5.91 Å². The van der Waals surface area contributed by atoms with Gasteiger partial charge in [0, 0.05) is 12.1 Å². The Bertz CT molecular complexity index is 443. The van der Waals surface area contributed by atoms with Crippen molar-refractivity contribution in [3.63, 3.8) is 0 Å². The summed E-state index contributed by atoms with van der Waals surface area (Å²) in [7, 11) is 0. The number of anilines is 1. The van der Waals surface area contributed by atoms with Gasteiger partial charge in [0.1, 0.15) is 0 Å². The number of esters is 1. The molecule has 0 spiro atoms. The van der Waals surface area contributed by atoms with Crippen molar-refractivity contribution < 1.29 is 14.3 Å². The third kappa shape index (κ3) is 6.92. The molecule has 1 aromatic carbocycles. The van der Waals surface area contributed by atoms with Crippen LogP contribution in [0.25, 0.3) is 0 Å². The number of benzene rings is 1. The standard InChI is InChI=1S/C16H23NO3/c1-3-4-5-6-10-16(19)20-12-15(18)17-14-9-7-8-13(2)11-14/h7-9,11H,3-6,10,12H2,1-2H3,(H,17,18). The molecule has 4 heteroatoms. The predicted molar refractivity (Wildman–Crippen MR) is 79.5 cm³/mol. The number of hydrogen-bond donors (Lipinski definition) is 1. The Morgan fingerprint density at radius 3 is 2.70 bits per heavy atom. The SMILES string of the molecule is CCCCCCC(=O)OCC(=O)Nc1cccc(C)c1. The Morgan fingerprint density at radius 1 is 1.20 bits per heavy atom. The Balaban J connectivity index is 2.21. The molecule has 0 atom stereocenters. The predicted octanol–water partition coefficient (Wildman–Crippen LogP) is 3.45. The zero-order chi connectivity index (χ0) is 14.8. The fourth-order valence-electron chi connectivity index (χ4n) is 1.83. The van der Waals surface area contributed by atoms with Gasteiger partial charge in [0.05, 0.1) is 0 Å². The first-order valence-corrected chi connectivity index (χ1v) is 7.14. The molecule has 0 saturated heterocycles. The Morgan fingerprint density at radius 2 is 2.00 bits per heavy atom. The summed E-state index contributed by atoms with van der Waals surface area (Å²) < 4.78 is 4.94. The van der Waals surface area contributed by atoms with Crippen LogP contribution in [-0.2, 0) is 14.3 Å². The molecule has 0 aliphatic heterocycles. The monoisotopic (exact) mass is 277 g/mol. The second kappa shape index (κ2) is 9.13. The van der Waals surface area contributed by atoms with Gasteiger partial charge in [-0.3, -0.25) is 9.59 Å². The molecule has 4 nitrogen and oxygen atoms in total. The minimum absolute atomic E-state index is 0.222. The van der Waals surface area contributed by atoms with Crippen LogP contribution in [0.4, 0.5) is 5.69 Å².